The van der Waals surface area contributed by atoms with Gasteiger partial charge < -0.3 is 20.2 Å². The van der Waals surface area contributed by atoms with Gasteiger partial charge in [-0.2, -0.15) is 0 Å². The van der Waals surface area contributed by atoms with Gasteiger partial charge in [-0.3, -0.25) is 14.4 Å². The van der Waals surface area contributed by atoms with Crippen LogP contribution in [0.3, 0.4) is 0 Å². The number of nitrogens with zero attached hydrogens (tertiary/aromatic N) is 2. The summed E-state index contributed by atoms with van der Waals surface area (Å²) in [5.41, 5.74) is 0.447. The first-order valence-electron chi connectivity index (χ1n) is 10.7. The molecule has 1 aliphatic rings. The fourth-order valence-electron chi connectivity index (χ4n) is 3.74. The summed E-state index contributed by atoms with van der Waals surface area (Å²) in [4.78, 5) is 41.0. The van der Waals surface area contributed by atoms with Crippen molar-refractivity contribution in [3.05, 3.63) is 94.0 Å². The minimum absolute atomic E-state index is 0.0253. The van der Waals surface area contributed by atoms with Crippen molar-refractivity contribution in [2.75, 3.05) is 31.5 Å². The summed E-state index contributed by atoms with van der Waals surface area (Å²) in [6.45, 7) is 1.21. The highest BCUT2D eigenvalue weighted by Gasteiger charge is 2.27. The molecule has 35 heavy (non-hydrogen) atoms. The van der Waals surface area contributed by atoms with Crippen molar-refractivity contribution in [2.45, 2.75) is 0 Å². The highest BCUT2D eigenvalue weighted by molar-refractivity contribution is 6.30. The number of piperazine rings is 1. The number of rotatable bonds is 4. The van der Waals surface area contributed by atoms with E-state index in [-0.39, 0.29) is 41.6 Å². The van der Waals surface area contributed by atoms with E-state index in [0.717, 1.165) is 12.1 Å². The van der Waals surface area contributed by atoms with Crippen LogP contribution in [0, 0.1) is 11.6 Å². The van der Waals surface area contributed by atoms with E-state index < -0.39 is 23.4 Å². The van der Waals surface area contributed by atoms with E-state index in [0.29, 0.717) is 29.7 Å². The molecule has 0 atom stereocenters. The van der Waals surface area contributed by atoms with E-state index in [9.17, 15) is 28.3 Å². The lowest BCUT2D eigenvalue weighted by molar-refractivity contribution is 0.0533. The van der Waals surface area contributed by atoms with Gasteiger partial charge >= 0.3 is 0 Å². The van der Waals surface area contributed by atoms with Crippen LogP contribution in [0.5, 0.6) is 5.75 Å². The molecule has 1 aliphatic heterocycles. The zero-order chi connectivity index (χ0) is 25.1. The highest BCUT2D eigenvalue weighted by Crippen LogP contribution is 2.25. The molecule has 180 valence electrons. The first-order chi connectivity index (χ1) is 16.7. The average Bonchev–Trinajstić information content (AvgIpc) is 2.83. The topological polar surface area (TPSA) is 90.0 Å². The van der Waals surface area contributed by atoms with Crippen molar-refractivity contribution in [3.8, 4) is 5.75 Å². The maximum atomic E-state index is 13.4. The van der Waals surface area contributed by atoms with Crippen molar-refractivity contribution in [3.63, 3.8) is 0 Å². The minimum atomic E-state index is -0.895. The molecular weight excluding hydrogens is 480 g/mol. The SMILES string of the molecule is O=C(Nc1ccc(C(=O)N2CCN(C(=O)c3ccc(Cl)cc3)CC2)c(O)c1)c1cc(F)cc(F)c1. The molecule has 3 aromatic carbocycles. The summed E-state index contributed by atoms with van der Waals surface area (Å²) < 4.78 is 26.7. The third kappa shape index (κ3) is 5.58. The lowest BCUT2D eigenvalue weighted by Crippen LogP contribution is -2.50. The second kappa shape index (κ2) is 10.1. The quantitative estimate of drug-likeness (QED) is 0.563. The van der Waals surface area contributed by atoms with E-state index in [1.54, 1.807) is 29.2 Å². The lowest BCUT2D eigenvalue weighted by Gasteiger charge is -2.35. The number of aromatic hydroxyl groups is 1. The van der Waals surface area contributed by atoms with Crippen molar-refractivity contribution in [2.24, 2.45) is 0 Å². The third-order valence-electron chi connectivity index (χ3n) is 5.56. The molecule has 0 spiro atoms. The predicted octanol–water partition coefficient (Wildman–Crippen LogP) is 4.17. The zero-order valence-electron chi connectivity index (χ0n) is 18.3. The molecule has 1 fully saturated rings. The average molecular weight is 500 g/mol. The molecule has 0 saturated carbocycles. The van der Waals surface area contributed by atoms with E-state index in [1.165, 1.54) is 23.1 Å². The predicted molar refractivity (Wildman–Crippen MR) is 126 cm³/mol. The number of phenolic OH excluding ortho intramolecular Hbond substituents is 1. The van der Waals surface area contributed by atoms with Crippen LogP contribution < -0.4 is 5.32 Å². The maximum Gasteiger partial charge on any atom is 0.257 e. The van der Waals surface area contributed by atoms with Crippen LogP contribution in [0.25, 0.3) is 0 Å². The van der Waals surface area contributed by atoms with Gasteiger partial charge in [-0.25, -0.2) is 8.78 Å². The smallest absolute Gasteiger partial charge is 0.257 e. The number of halogens is 3. The zero-order valence-corrected chi connectivity index (χ0v) is 19.1. The second-order valence-electron chi connectivity index (χ2n) is 7.94. The Hall–Kier alpha value is -3.98. The standard InChI is InChI=1S/C25H20ClF2N3O4/c26-17-3-1-15(2-4-17)24(34)30-7-9-31(10-8-30)25(35)21-6-5-20(14-22(21)32)29-23(33)16-11-18(27)13-19(28)12-16/h1-6,11-14,32H,7-10H2,(H,29,33). The summed E-state index contributed by atoms with van der Waals surface area (Å²) in [6, 6.07) is 12.9. The highest BCUT2D eigenvalue weighted by atomic mass is 35.5. The number of anilines is 1. The fraction of sp³-hybridized carbons (Fsp3) is 0.160. The molecule has 0 bridgehead atoms. The first kappa shape index (κ1) is 24.2. The normalized spacial score (nSPS) is 13.5. The number of phenols is 1. The van der Waals surface area contributed by atoms with Gasteiger partial charge in [-0.05, 0) is 48.5 Å². The van der Waals surface area contributed by atoms with Gasteiger partial charge in [0.05, 0.1) is 5.56 Å². The van der Waals surface area contributed by atoms with Gasteiger partial charge in [0.1, 0.15) is 17.4 Å². The number of benzene rings is 3. The molecule has 0 aliphatic carbocycles. The number of carbonyl (C=O) groups excluding carboxylic acids is 3. The largest absolute Gasteiger partial charge is 0.507 e. The molecule has 1 saturated heterocycles. The van der Waals surface area contributed by atoms with Crippen LogP contribution in [0.1, 0.15) is 31.1 Å². The summed E-state index contributed by atoms with van der Waals surface area (Å²) in [5, 5.41) is 13.3. The van der Waals surface area contributed by atoms with Crippen LogP contribution in [-0.2, 0) is 0 Å². The lowest BCUT2D eigenvalue weighted by atomic mass is 10.1. The monoisotopic (exact) mass is 499 g/mol. The van der Waals surface area contributed by atoms with Crippen molar-refractivity contribution < 1.29 is 28.3 Å². The van der Waals surface area contributed by atoms with E-state index in [2.05, 4.69) is 5.32 Å². The molecular formula is C25H20ClF2N3O4. The van der Waals surface area contributed by atoms with Crippen molar-refractivity contribution in [1.29, 1.82) is 0 Å². The van der Waals surface area contributed by atoms with E-state index in [1.807, 2.05) is 0 Å². The van der Waals surface area contributed by atoms with Gasteiger partial charge in [0.25, 0.3) is 17.7 Å². The van der Waals surface area contributed by atoms with E-state index in [4.69, 9.17) is 11.6 Å². The first-order valence-corrected chi connectivity index (χ1v) is 11.0. The van der Waals surface area contributed by atoms with Gasteiger partial charge in [-0.15, -0.1) is 0 Å². The number of hydrogen-bond donors (Lipinski definition) is 2. The Morgan fingerprint density at radius 2 is 1.34 bits per heavy atom. The van der Waals surface area contributed by atoms with Crippen LogP contribution in [-0.4, -0.2) is 58.8 Å². The molecule has 4 rings (SSSR count). The molecule has 0 aromatic heterocycles. The van der Waals surface area contributed by atoms with Gasteiger partial charge in [-0.1, -0.05) is 11.6 Å². The number of hydrogen-bond acceptors (Lipinski definition) is 4. The Morgan fingerprint density at radius 1 is 0.771 bits per heavy atom. The Bertz CT molecular complexity index is 1270. The maximum absolute atomic E-state index is 13.4. The Morgan fingerprint density at radius 3 is 1.91 bits per heavy atom. The molecule has 2 N–H and O–H groups in total. The Labute approximate surface area is 204 Å². The van der Waals surface area contributed by atoms with E-state index >= 15 is 0 Å². The Kier molecular flexibility index (Phi) is 6.97. The molecule has 3 amide bonds. The number of amides is 3. The molecule has 7 nitrogen and oxygen atoms in total. The second-order valence-corrected chi connectivity index (χ2v) is 8.37. The summed E-state index contributed by atoms with van der Waals surface area (Å²) >= 11 is 5.86. The molecule has 1 heterocycles. The van der Waals surface area contributed by atoms with Gasteiger partial charge in [0.2, 0.25) is 0 Å². The number of carbonyl (C=O) groups is 3. The molecule has 3 aromatic rings. The van der Waals surface area contributed by atoms with Crippen molar-refractivity contribution >= 4 is 35.0 Å². The Balaban J connectivity index is 1.38. The molecule has 0 radical (unpaired) electrons. The molecule has 0 unspecified atom stereocenters. The summed E-state index contributed by atoms with van der Waals surface area (Å²) in [6.07, 6.45) is 0. The molecule has 10 heteroatoms. The van der Waals surface area contributed by atoms with Gasteiger partial charge in [0, 0.05) is 60.1 Å². The fourth-order valence-corrected chi connectivity index (χ4v) is 3.86. The van der Waals surface area contributed by atoms with Crippen molar-refractivity contribution in [1.82, 2.24) is 9.80 Å². The third-order valence-corrected chi connectivity index (χ3v) is 5.81. The minimum Gasteiger partial charge on any atom is -0.507 e. The van der Waals surface area contributed by atoms with Crippen LogP contribution >= 0.6 is 11.6 Å². The summed E-state index contributed by atoms with van der Waals surface area (Å²) in [5.74, 6) is -3.51. The number of nitrogens with one attached hydrogen (secondary N) is 1. The summed E-state index contributed by atoms with van der Waals surface area (Å²) in [7, 11) is 0. The van der Waals surface area contributed by atoms with Crippen LogP contribution in [0.4, 0.5) is 14.5 Å². The van der Waals surface area contributed by atoms with Crippen LogP contribution in [0.15, 0.2) is 60.7 Å². The van der Waals surface area contributed by atoms with Crippen LogP contribution in [0.2, 0.25) is 5.02 Å². The van der Waals surface area contributed by atoms with Gasteiger partial charge in [0.15, 0.2) is 0 Å².